The Hall–Kier alpha value is -5.27. The van der Waals surface area contributed by atoms with Crippen molar-refractivity contribution in [2.75, 3.05) is 11.9 Å². The molecular weight excluding hydrogens is 624 g/mol. The molecule has 12 rings (SSSR count). The molecule has 4 aliphatic rings. The fourth-order valence-electron chi connectivity index (χ4n) is 11.4. The Kier molecular flexibility index (Phi) is 5.63. The topological polar surface area (TPSA) is 3.24 Å². The number of para-hydroxylation sites is 1. The van der Waals surface area contributed by atoms with Crippen LogP contribution in [-0.2, 0) is 12.8 Å². The first-order valence-corrected chi connectivity index (χ1v) is 19.4. The number of anilines is 2. The average molecular weight is 663 g/mol. The van der Waals surface area contributed by atoms with Crippen LogP contribution in [0.5, 0.6) is 0 Å². The third-order valence-corrected chi connectivity index (χ3v) is 13.3. The Morgan fingerprint density at radius 1 is 0.538 bits per heavy atom. The van der Waals surface area contributed by atoms with Gasteiger partial charge in [0.25, 0.3) is 0 Å². The highest BCUT2D eigenvalue weighted by atomic mass is 15.1. The van der Waals surface area contributed by atoms with E-state index in [1.807, 2.05) is 0 Å². The zero-order chi connectivity index (χ0) is 34.7. The van der Waals surface area contributed by atoms with Gasteiger partial charge in [0.15, 0.2) is 0 Å². The molecule has 0 saturated carbocycles. The summed E-state index contributed by atoms with van der Waals surface area (Å²) in [6.45, 7) is 10.0. The van der Waals surface area contributed by atoms with Crippen molar-refractivity contribution in [1.82, 2.24) is 0 Å². The van der Waals surface area contributed by atoms with Gasteiger partial charge in [-0.25, -0.2) is 0 Å². The Labute approximate surface area is 306 Å². The summed E-state index contributed by atoms with van der Waals surface area (Å²) in [6, 6.07) is 43.2. The van der Waals surface area contributed by atoms with Crippen molar-refractivity contribution in [1.29, 1.82) is 0 Å². The van der Waals surface area contributed by atoms with Crippen molar-refractivity contribution in [2.24, 2.45) is 5.92 Å². The molecule has 0 unspecified atom stereocenters. The maximum atomic E-state index is 2.67. The third-order valence-electron chi connectivity index (χ3n) is 13.3. The lowest BCUT2D eigenvalue weighted by atomic mass is 9.30. The molecule has 0 fully saturated rings. The maximum absolute atomic E-state index is 2.67. The summed E-state index contributed by atoms with van der Waals surface area (Å²) in [5.74, 6) is 0.935. The molecule has 0 radical (unpaired) electrons. The van der Waals surface area contributed by atoms with E-state index in [4.69, 9.17) is 0 Å². The summed E-state index contributed by atoms with van der Waals surface area (Å²) in [5.41, 5.74) is 23.2. The van der Waals surface area contributed by atoms with Gasteiger partial charge in [-0.15, -0.1) is 0 Å². The van der Waals surface area contributed by atoms with Crippen LogP contribution in [0.3, 0.4) is 0 Å². The monoisotopic (exact) mass is 663 g/mol. The van der Waals surface area contributed by atoms with E-state index in [2.05, 4.69) is 149 Å². The molecule has 8 aromatic carbocycles. The minimum absolute atomic E-state index is 0.190. The van der Waals surface area contributed by atoms with Crippen LogP contribution in [0.15, 0.2) is 109 Å². The Bertz CT molecular complexity index is 2900. The van der Waals surface area contributed by atoms with Gasteiger partial charge in [0, 0.05) is 18.4 Å². The normalized spacial score (nSPS) is 14.5. The number of hydrogen-bond acceptors (Lipinski definition) is 1. The molecule has 4 heterocycles. The molecule has 0 bridgehead atoms. The number of hydrogen-bond donors (Lipinski definition) is 0. The lowest BCUT2D eigenvalue weighted by Crippen LogP contribution is -2.60. The lowest BCUT2D eigenvalue weighted by Gasteiger charge is -2.40. The van der Waals surface area contributed by atoms with E-state index in [9.17, 15) is 0 Å². The maximum Gasteiger partial charge on any atom is 0.248 e. The summed E-state index contributed by atoms with van der Waals surface area (Å²) in [7, 11) is 2.25. The van der Waals surface area contributed by atoms with Crippen LogP contribution >= 0.6 is 0 Å². The van der Waals surface area contributed by atoms with Crippen molar-refractivity contribution in [3.05, 3.63) is 131 Å². The highest BCUT2D eigenvalue weighted by Crippen LogP contribution is 2.48. The van der Waals surface area contributed by atoms with Gasteiger partial charge in [-0.3, -0.25) is 0 Å². The van der Waals surface area contributed by atoms with Gasteiger partial charge in [-0.1, -0.05) is 134 Å². The standard InChI is InChI=1S/C49H39B2N/c1-26(2)20-30-22-35-31-14-10-13-29-21-28-12-6-7-16-38(28)50(48(29)31)41-25-37-33(27(3)4)23-36-32-15-11-19-43-49(32)51(39-17-8-9-18-42(39)52(43)5)40-24-34(30)46(44(35)41)47(37)45(36)40/h6-19,22-27H,20-21H2,1-5H3. The molecule has 3 heteroatoms. The predicted octanol–water partition coefficient (Wildman–Crippen LogP) is 7.88. The van der Waals surface area contributed by atoms with Crippen LogP contribution < -0.4 is 37.7 Å². The van der Waals surface area contributed by atoms with Crippen LogP contribution in [0, 0.1) is 5.92 Å². The smallest absolute Gasteiger partial charge is 0.248 e. The van der Waals surface area contributed by atoms with Crippen LogP contribution in [0.4, 0.5) is 11.4 Å². The summed E-state index contributed by atoms with van der Waals surface area (Å²) in [5, 5.41) is 8.89. The van der Waals surface area contributed by atoms with Gasteiger partial charge in [-0.2, -0.15) is 0 Å². The molecule has 0 amide bonds. The first-order valence-electron chi connectivity index (χ1n) is 19.4. The Morgan fingerprint density at radius 3 is 1.94 bits per heavy atom. The zero-order valence-electron chi connectivity index (χ0n) is 30.6. The molecule has 8 aromatic rings. The summed E-state index contributed by atoms with van der Waals surface area (Å²) in [6.07, 6.45) is 2.07. The molecular formula is C49H39B2N. The third kappa shape index (κ3) is 3.48. The molecule has 0 spiro atoms. The molecule has 52 heavy (non-hydrogen) atoms. The fourth-order valence-corrected chi connectivity index (χ4v) is 11.4. The van der Waals surface area contributed by atoms with Crippen molar-refractivity contribution >= 4 is 89.9 Å². The molecule has 0 atom stereocenters. The van der Waals surface area contributed by atoms with Crippen molar-refractivity contribution in [3.63, 3.8) is 0 Å². The van der Waals surface area contributed by atoms with Gasteiger partial charge >= 0.3 is 0 Å². The van der Waals surface area contributed by atoms with E-state index >= 15 is 0 Å². The van der Waals surface area contributed by atoms with Crippen LogP contribution in [0.25, 0.3) is 54.6 Å². The second kappa shape index (κ2) is 9.98. The minimum Gasteiger partial charge on any atom is -0.345 e. The van der Waals surface area contributed by atoms with Crippen molar-refractivity contribution in [2.45, 2.75) is 46.5 Å². The molecule has 0 saturated heterocycles. The number of fused-ring (bicyclic) bond motifs is 8. The molecule has 246 valence electrons. The first kappa shape index (κ1) is 29.3. The SMILES string of the molecule is CC(C)Cc1cc2c3c(cc4c(C(C)C)cc5c6c(cc1c3c46)B1c3ccccc3N(C)c3cccc-5c31)B1c3ccccc3Cc3cccc-2c31. The van der Waals surface area contributed by atoms with E-state index in [0.29, 0.717) is 11.8 Å². The van der Waals surface area contributed by atoms with Crippen LogP contribution in [0.2, 0.25) is 0 Å². The summed E-state index contributed by atoms with van der Waals surface area (Å²) >= 11 is 0. The zero-order valence-corrected chi connectivity index (χ0v) is 30.6. The Balaban J connectivity index is 1.33. The van der Waals surface area contributed by atoms with Crippen molar-refractivity contribution < 1.29 is 0 Å². The molecule has 0 aromatic heterocycles. The van der Waals surface area contributed by atoms with Crippen molar-refractivity contribution in [3.8, 4) is 22.3 Å². The molecule has 0 N–H and O–H groups in total. The van der Waals surface area contributed by atoms with Gasteiger partial charge < -0.3 is 4.90 Å². The van der Waals surface area contributed by atoms with Gasteiger partial charge in [0.05, 0.1) is 0 Å². The van der Waals surface area contributed by atoms with E-state index in [1.165, 1.54) is 116 Å². The number of nitrogens with zero attached hydrogens (tertiary/aromatic N) is 1. The highest BCUT2D eigenvalue weighted by Gasteiger charge is 2.43. The molecule has 4 aliphatic heterocycles. The number of rotatable bonds is 3. The van der Waals surface area contributed by atoms with Gasteiger partial charge in [-0.05, 0) is 137 Å². The molecule has 0 aliphatic carbocycles. The Morgan fingerprint density at radius 2 is 1.15 bits per heavy atom. The van der Waals surface area contributed by atoms with E-state index < -0.39 is 0 Å². The number of benzene rings is 8. The predicted molar refractivity (Wildman–Crippen MR) is 227 cm³/mol. The fraction of sp³-hybridized carbons (Fsp3) is 0.184. The van der Waals surface area contributed by atoms with E-state index in [1.54, 1.807) is 5.46 Å². The first-order chi connectivity index (χ1) is 25.4. The molecule has 1 nitrogen and oxygen atoms in total. The largest absolute Gasteiger partial charge is 0.345 e. The lowest BCUT2D eigenvalue weighted by molar-refractivity contribution is 0.650. The highest BCUT2D eigenvalue weighted by molar-refractivity contribution is 7.02. The van der Waals surface area contributed by atoms with Crippen LogP contribution in [-0.4, -0.2) is 20.5 Å². The second-order valence-electron chi connectivity index (χ2n) is 16.9. The minimum atomic E-state index is 0.190. The van der Waals surface area contributed by atoms with E-state index in [0.717, 1.165) is 12.8 Å². The van der Waals surface area contributed by atoms with Crippen LogP contribution in [0.1, 0.15) is 55.9 Å². The van der Waals surface area contributed by atoms with Gasteiger partial charge in [0.2, 0.25) is 13.4 Å². The quantitative estimate of drug-likeness (QED) is 0.137. The van der Waals surface area contributed by atoms with Gasteiger partial charge in [0.1, 0.15) is 0 Å². The summed E-state index contributed by atoms with van der Waals surface area (Å²) < 4.78 is 0. The summed E-state index contributed by atoms with van der Waals surface area (Å²) in [4.78, 5) is 2.43. The average Bonchev–Trinajstić information content (AvgIpc) is 3.15. The second-order valence-corrected chi connectivity index (χ2v) is 16.9. The van der Waals surface area contributed by atoms with E-state index in [-0.39, 0.29) is 13.4 Å².